The van der Waals surface area contributed by atoms with Gasteiger partial charge in [-0.1, -0.05) is 0 Å². The molecule has 3 aromatic rings. The van der Waals surface area contributed by atoms with E-state index < -0.39 is 30.1 Å². The van der Waals surface area contributed by atoms with E-state index in [0.717, 1.165) is 23.5 Å². The van der Waals surface area contributed by atoms with Gasteiger partial charge in [0.25, 0.3) is 5.91 Å². The molecular formula is C20H16FNO6S. The van der Waals surface area contributed by atoms with Crippen molar-refractivity contribution in [1.29, 1.82) is 0 Å². The number of ketones is 1. The number of rotatable bonds is 7. The van der Waals surface area contributed by atoms with Gasteiger partial charge in [0.1, 0.15) is 16.4 Å². The van der Waals surface area contributed by atoms with E-state index >= 15 is 0 Å². The van der Waals surface area contributed by atoms with Crippen molar-refractivity contribution in [1.82, 2.24) is 0 Å². The highest BCUT2D eigenvalue weighted by molar-refractivity contribution is 7.18. The number of nitrogens with one attached hydrogen (secondary N) is 1. The van der Waals surface area contributed by atoms with Gasteiger partial charge >= 0.3 is 5.97 Å². The fourth-order valence-corrected chi connectivity index (χ4v) is 3.46. The third-order valence-corrected chi connectivity index (χ3v) is 5.01. The van der Waals surface area contributed by atoms with Crippen LogP contribution in [0.15, 0.2) is 47.1 Å². The van der Waals surface area contributed by atoms with E-state index in [0.29, 0.717) is 10.6 Å². The lowest BCUT2D eigenvalue weighted by Gasteiger charge is -2.08. The monoisotopic (exact) mass is 417 g/mol. The number of hydrogen-bond donors (Lipinski definition) is 1. The van der Waals surface area contributed by atoms with E-state index in [-0.39, 0.29) is 22.0 Å². The topological polar surface area (TPSA) is 94.8 Å². The second-order valence-electron chi connectivity index (χ2n) is 5.90. The fraction of sp³-hybridized carbons (Fsp3) is 0.150. The maximum Gasteiger partial charge on any atom is 0.349 e. The van der Waals surface area contributed by atoms with Crippen LogP contribution < -0.4 is 10.1 Å². The van der Waals surface area contributed by atoms with E-state index in [4.69, 9.17) is 13.9 Å². The number of ether oxygens (including phenoxy) is 2. The average Bonchev–Trinajstić information content (AvgIpc) is 3.35. The Hall–Kier alpha value is -3.46. The predicted octanol–water partition coefficient (Wildman–Crippen LogP) is 4.09. The van der Waals surface area contributed by atoms with Gasteiger partial charge in [0, 0.05) is 0 Å². The minimum Gasteiger partial charge on any atom is -0.496 e. The van der Waals surface area contributed by atoms with E-state index in [1.165, 1.54) is 25.5 Å². The zero-order valence-electron chi connectivity index (χ0n) is 15.5. The molecule has 0 spiro atoms. The number of hydrogen-bond acceptors (Lipinski definition) is 7. The Morgan fingerprint density at radius 1 is 1.21 bits per heavy atom. The van der Waals surface area contributed by atoms with E-state index in [9.17, 15) is 18.8 Å². The molecule has 0 saturated heterocycles. The summed E-state index contributed by atoms with van der Waals surface area (Å²) in [6.07, 6.45) is 1.38. The summed E-state index contributed by atoms with van der Waals surface area (Å²) in [6, 6.07) is 8.21. The lowest BCUT2D eigenvalue weighted by atomic mass is 10.1. The molecule has 1 N–H and O–H groups in total. The Labute approximate surface area is 169 Å². The van der Waals surface area contributed by atoms with Crippen molar-refractivity contribution >= 4 is 34.0 Å². The van der Waals surface area contributed by atoms with Crippen LogP contribution in [0.25, 0.3) is 0 Å². The molecule has 0 radical (unpaired) electrons. The molecule has 0 saturated carbocycles. The Morgan fingerprint density at radius 2 is 2.00 bits per heavy atom. The zero-order chi connectivity index (χ0) is 21.0. The molecule has 0 atom stereocenters. The average molecular weight is 417 g/mol. The highest BCUT2D eigenvalue weighted by Crippen LogP contribution is 2.28. The number of carbonyl (C=O) groups excluding carboxylic acids is 3. The SMILES string of the molecule is COc1ccc(F)cc1C(=O)COC(=O)c1sc(NC(=O)c2ccco2)cc1C. The third kappa shape index (κ3) is 4.69. The molecule has 29 heavy (non-hydrogen) atoms. The quantitative estimate of drug-likeness (QED) is 0.460. The molecular weight excluding hydrogens is 401 g/mol. The smallest absolute Gasteiger partial charge is 0.349 e. The normalized spacial score (nSPS) is 10.4. The molecule has 7 nitrogen and oxygen atoms in total. The molecule has 0 fully saturated rings. The van der Waals surface area contributed by atoms with Crippen molar-refractivity contribution < 1.29 is 32.7 Å². The number of anilines is 1. The molecule has 0 aliphatic rings. The number of thiophene rings is 1. The number of Topliss-reactive ketones (excluding diaryl/α,β-unsaturated/α-hetero) is 1. The van der Waals surface area contributed by atoms with Crippen molar-refractivity contribution in [3.8, 4) is 5.75 Å². The van der Waals surface area contributed by atoms with Crippen LogP contribution in [-0.2, 0) is 4.74 Å². The lowest BCUT2D eigenvalue weighted by molar-refractivity contribution is 0.0478. The molecule has 1 aromatic carbocycles. The first-order valence-corrected chi connectivity index (χ1v) is 9.20. The number of esters is 1. The first-order valence-electron chi connectivity index (χ1n) is 8.38. The molecule has 0 aliphatic heterocycles. The third-order valence-electron chi connectivity index (χ3n) is 3.88. The predicted molar refractivity (Wildman–Crippen MR) is 103 cm³/mol. The van der Waals surface area contributed by atoms with Gasteiger partial charge in [-0.3, -0.25) is 9.59 Å². The van der Waals surface area contributed by atoms with Crippen LogP contribution in [0.4, 0.5) is 9.39 Å². The summed E-state index contributed by atoms with van der Waals surface area (Å²) in [7, 11) is 1.35. The first-order chi connectivity index (χ1) is 13.9. The number of aryl methyl sites for hydroxylation is 1. The van der Waals surface area contributed by atoms with Crippen molar-refractivity contribution in [3.05, 3.63) is 70.2 Å². The van der Waals surface area contributed by atoms with Crippen molar-refractivity contribution in [3.63, 3.8) is 0 Å². The van der Waals surface area contributed by atoms with Gasteiger partial charge < -0.3 is 19.2 Å². The van der Waals surface area contributed by atoms with Crippen LogP contribution >= 0.6 is 11.3 Å². The summed E-state index contributed by atoms with van der Waals surface area (Å²) in [5.74, 6) is -2.07. The Balaban J connectivity index is 1.65. The molecule has 2 heterocycles. The summed E-state index contributed by atoms with van der Waals surface area (Å²) >= 11 is 1.01. The molecule has 0 aliphatic carbocycles. The van der Waals surface area contributed by atoms with Crippen molar-refractivity contribution in [2.24, 2.45) is 0 Å². The molecule has 150 valence electrons. The van der Waals surface area contributed by atoms with Crippen molar-refractivity contribution in [2.75, 3.05) is 19.0 Å². The number of benzene rings is 1. The standard InChI is InChI=1S/C20H16FNO6S/c1-11-8-17(22-19(24)16-4-3-7-27-16)29-18(11)20(25)28-10-14(23)13-9-12(21)5-6-15(13)26-2/h3-9H,10H2,1-2H3,(H,22,24). The second kappa shape index (κ2) is 8.70. The molecule has 2 aromatic heterocycles. The van der Waals surface area contributed by atoms with Crippen LogP contribution in [0.5, 0.6) is 5.75 Å². The number of methoxy groups -OCH3 is 1. The van der Waals surface area contributed by atoms with Crippen LogP contribution in [0.2, 0.25) is 0 Å². The maximum absolute atomic E-state index is 13.4. The van der Waals surface area contributed by atoms with Gasteiger partial charge in [-0.05, 0) is 48.9 Å². The summed E-state index contributed by atoms with van der Waals surface area (Å²) in [6.45, 7) is 1.09. The highest BCUT2D eigenvalue weighted by atomic mass is 32.1. The number of furan rings is 1. The summed E-state index contributed by atoms with van der Waals surface area (Å²) in [5, 5.41) is 3.05. The molecule has 3 rings (SSSR count). The van der Waals surface area contributed by atoms with Crippen LogP contribution in [0.3, 0.4) is 0 Å². The minimum atomic E-state index is -0.727. The molecule has 1 amide bonds. The fourth-order valence-electron chi connectivity index (χ4n) is 2.50. The van der Waals surface area contributed by atoms with Gasteiger partial charge in [0.15, 0.2) is 12.4 Å². The van der Waals surface area contributed by atoms with Crippen molar-refractivity contribution in [2.45, 2.75) is 6.92 Å². The summed E-state index contributed by atoms with van der Waals surface area (Å²) in [5.41, 5.74) is 0.556. The first kappa shape index (κ1) is 20.3. The van der Waals surface area contributed by atoms with Crippen LogP contribution in [-0.4, -0.2) is 31.4 Å². The van der Waals surface area contributed by atoms with Gasteiger partial charge in [0.2, 0.25) is 5.78 Å². The van der Waals surface area contributed by atoms with Crippen LogP contribution in [0, 0.1) is 12.7 Å². The summed E-state index contributed by atoms with van der Waals surface area (Å²) < 4.78 is 28.5. The van der Waals surface area contributed by atoms with E-state index in [1.807, 2.05) is 0 Å². The van der Waals surface area contributed by atoms with Gasteiger partial charge in [0.05, 0.1) is 23.9 Å². The molecule has 0 unspecified atom stereocenters. The summed E-state index contributed by atoms with van der Waals surface area (Å²) in [4.78, 5) is 36.9. The largest absolute Gasteiger partial charge is 0.496 e. The Kier molecular flexibility index (Phi) is 6.08. The zero-order valence-corrected chi connectivity index (χ0v) is 16.3. The number of amides is 1. The number of halogens is 1. The Bertz CT molecular complexity index is 1060. The van der Waals surface area contributed by atoms with Gasteiger partial charge in [-0.2, -0.15) is 0 Å². The Morgan fingerprint density at radius 3 is 2.69 bits per heavy atom. The van der Waals surface area contributed by atoms with Crippen LogP contribution in [0.1, 0.15) is 36.1 Å². The lowest BCUT2D eigenvalue weighted by Crippen LogP contribution is -2.15. The van der Waals surface area contributed by atoms with E-state index in [1.54, 1.807) is 19.1 Å². The molecule has 0 bridgehead atoms. The number of carbonyl (C=O) groups is 3. The maximum atomic E-state index is 13.4. The van der Waals surface area contributed by atoms with Gasteiger partial charge in [-0.25, -0.2) is 9.18 Å². The van der Waals surface area contributed by atoms with Gasteiger partial charge in [-0.15, -0.1) is 11.3 Å². The minimum absolute atomic E-state index is 0.0189. The highest BCUT2D eigenvalue weighted by Gasteiger charge is 2.20. The second-order valence-corrected chi connectivity index (χ2v) is 6.95. The van der Waals surface area contributed by atoms with E-state index in [2.05, 4.69) is 5.32 Å². The molecule has 9 heteroatoms.